The Morgan fingerprint density at radius 3 is 1.19 bits per heavy atom. The predicted octanol–water partition coefficient (Wildman–Crippen LogP) is -1.36. The molecule has 2 fully saturated rings. The van der Waals surface area contributed by atoms with Gasteiger partial charge < -0.3 is 9.47 Å². The van der Waals surface area contributed by atoms with E-state index in [1.807, 2.05) is 0 Å². The second-order valence-corrected chi connectivity index (χ2v) is 8.35. The molecule has 0 N–H and O–H groups in total. The first kappa shape index (κ1) is 25.4. The third kappa shape index (κ3) is 6.82. The van der Waals surface area contributed by atoms with E-state index in [9.17, 15) is 28.8 Å². The molecule has 2 saturated heterocycles. The highest BCUT2D eigenvalue weighted by molar-refractivity contribution is 6.00. The van der Waals surface area contributed by atoms with Crippen LogP contribution in [0.15, 0.2) is 0 Å². The summed E-state index contributed by atoms with van der Waals surface area (Å²) in [5.74, 6) is -3.67. The molecule has 0 aromatic rings. The second-order valence-electron chi connectivity index (χ2n) is 8.35. The Kier molecular flexibility index (Phi) is 8.84. The lowest BCUT2D eigenvalue weighted by atomic mass is 10.2. The molecule has 0 bridgehead atoms. The van der Waals surface area contributed by atoms with Gasteiger partial charge in [0.05, 0.1) is 38.0 Å². The molecule has 2 aliphatic heterocycles. The molecule has 12 nitrogen and oxygen atoms in total. The van der Waals surface area contributed by atoms with Crippen molar-refractivity contribution in [2.24, 2.45) is 11.8 Å². The molecule has 0 aromatic heterocycles. The molecule has 32 heavy (non-hydrogen) atoms. The lowest BCUT2D eigenvalue weighted by Crippen LogP contribution is -2.58. The van der Waals surface area contributed by atoms with Crippen molar-refractivity contribution in [2.75, 3.05) is 52.7 Å². The lowest BCUT2D eigenvalue weighted by molar-refractivity contribution is -0.168. The van der Waals surface area contributed by atoms with Crippen LogP contribution < -0.4 is 0 Å². The van der Waals surface area contributed by atoms with Gasteiger partial charge in [-0.2, -0.15) is 0 Å². The Morgan fingerprint density at radius 2 is 0.938 bits per heavy atom. The summed E-state index contributed by atoms with van der Waals surface area (Å²) >= 11 is 0. The number of carbonyl (C=O) groups excluding carboxylic acids is 6. The van der Waals surface area contributed by atoms with E-state index in [1.54, 1.807) is 37.5 Å². The molecule has 0 atom stereocenters. The fourth-order valence-corrected chi connectivity index (χ4v) is 2.97. The summed E-state index contributed by atoms with van der Waals surface area (Å²) in [6.07, 6.45) is 0. The van der Waals surface area contributed by atoms with E-state index in [-0.39, 0.29) is 38.0 Å². The van der Waals surface area contributed by atoms with Crippen molar-refractivity contribution in [3.63, 3.8) is 0 Å². The van der Waals surface area contributed by atoms with E-state index >= 15 is 0 Å². The van der Waals surface area contributed by atoms with Crippen LogP contribution in [0.25, 0.3) is 0 Å². The standard InChI is InChI=1S/C20H30N4O8/c1-13(2)19(29)31-11-23-15(25)7-21(8-16(23)26)5-6-22-9-17(27)24(18(28)10-22)12-32-20(30)14(3)4/h13-14H,5-12H2,1-4H3. The Morgan fingerprint density at radius 1 is 0.656 bits per heavy atom. The van der Waals surface area contributed by atoms with Gasteiger partial charge >= 0.3 is 11.9 Å². The number of hydrogen-bond donors (Lipinski definition) is 0. The summed E-state index contributed by atoms with van der Waals surface area (Å²) in [4.78, 5) is 77.2. The van der Waals surface area contributed by atoms with Crippen molar-refractivity contribution < 1.29 is 38.2 Å². The molecule has 178 valence electrons. The number of rotatable bonds is 9. The third-order valence-electron chi connectivity index (χ3n) is 4.99. The van der Waals surface area contributed by atoms with Crippen LogP contribution >= 0.6 is 0 Å². The molecule has 0 aromatic carbocycles. The van der Waals surface area contributed by atoms with Crippen molar-refractivity contribution >= 4 is 35.6 Å². The average molecular weight is 454 g/mol. The fourth-order valence-electron chi connectivity index (χ4n) is 2.97. The topological polar surface area (TPSA) is 134 Å². The van der Waals surface area contributed by atoms with Gasteiger partial charge in [0, 0.05) is 13.1 Å². The first-order valence-electron chi connectivity index (χ1n) is 10.4. The van der Waals surface area contributed by atoms with Crippen LogP contribution in [0.5, 0.6) is 0 Å². The molecule has 2 rings (SSSR count). The van der Waals surface area contributed by atoms with Gasteiger partial charge in [-0.3, -0.25) is 38.6 Å². The molecule has 0 unspecified atom stereocenters. The van der Waals surface area contributed by atoms with E-state index in [2.05, 4.69) is 0 Å². The lowest BCUT2D eigenvalue weighted by Gasteiger charge is -2.35. The molecule has 0 saturated carbocycles. The molecule has 4 amide bonds. The Bertz CT molecular complexity index is 682. The minimum absolute atomic E-state index is 0.0437. The van der Waals surface area contributed by atoms with Crippen LogP contribution in [0.4, 0.5) is 0 Å². The predicted molar refractivity (Wildman–Crippen MR) is 108 cm³/mol. The maximum atomic E-state index is 12.3. The van der Waals surface area contributed by atoms with Crippen LogP contribution in [-0.2, 0) is 38.2 Å². The Labute approximate surface area is 186 Å². The van der Waals surface area contributed by atoms with Crippen molar-refractivity contribution in [1.29, 1.82) is 0 Å². The molecule has 2 heterocycles. The normalized spacial score (nSPS) is 18.7. The van der Waals surface area contributed by atoms with E-state index in [1.165, 1.54) is 0 Å². The molecule has 0 aliphatic carbocycles. The average Bonchev–Trinajstić information content (AvgIpc) is 2.70. The minimum Gasteiger partial charge on any atom is -0.443 e. The maximum Gasteiger partial charge on any atom is 0.310 e. The quantitative estimate of drug-likeness (QED) is 0.304. The number of amides is 4. The van der Waals surface area contributed by atoms with Crippen LogP contribution in [0.2, 0.25) is 0 Å². The molecule has 12 heteroatoms. The van der Waals surface area contributed by atoms with Crippen LogP contribution in [0.3, 0.4) is 0 Å². The van der Waals surface area contributed by atoms with Gasteiger partial charge in [-0.25, -0.2) is 9.80 Å². The van der Waals surface area contributed by atoms with Gasteiger partial charge in [0.2, 0.25) is 23.6 Å². The SMILES string of the molecule is CC(C)C(=O)OCN1C(=O)CN(CCN2CC(=O)N(COC(=O)C(C)C)C(=O)C2)CC1=O. The largest absolute Gasteiger partial charge is 0.443 e. The third-order valence-corrected chi connectivity index (χ3v) is 4.99. The molecule has 0 spiro atoms. The minimum atomic E-state index is -0.500. The van der Waals surface area contributed by atoms with Gasteiger partial charge in [0.1, 0.15) is 0 Å². The number of piperazine rings is 2. The maximum absolute atomic E-state index is 12.3. The highest BCUT2D eigenvalue weighted by atomic mass is 16.6. The first-order valence-corrected chi connectivity index (χ1v) is 10.4. The zero-order chi connectivity index (χ0) is 24.0. The number of ether oxygens (including phenoxy) is 2. The summed E-state index contributed by atoms with van der Waals surface area (Å²) in [6.45, 7) is 6.19. The highest BCUT2D eigenvalue weighted by Gasteiger charge is 2.34. The van der Waals surface area contributed by atoms with E-state index in [0.29, 0.717) is 13.1 Å². The van der Waals surface area contributed by atoms with Crippen molar-refractivity contribution in [2.45, 2.75) is 27.7 Å². The summed E-state index contributed by atoms with van der Waals surface area (Å²) in [5.41, 5.74) is 0. The number of carbonyl (C=O) groups is 6. The van der Waals surface area contributed by atoms with Gasteiger partial charge in [0.15, 0.2) is 13.5 Å². The zero-order valence-electron chi connectivity index (χ0n) is 18.9. The van der Waals surface area contributed by atoms with Crippen molar-refractivity contribution in [1.82, 2.24) is 19.6 Å². The number of nitrogens with zero attached hydrogens (tertiary/aromatic N) is 4. The van der Waals surface area contributed by atoms with E-state index in [4.69, 9.17) is 9.47 Å². The van der Waals surface area contributed by atoms with Crippen LogP contribution in [-0.4, -0.2) is 108 Å². The molecular weight excluding hydrogens is 424 g/mol. The smallest absolute Gasteiger partial charge is 0.310 e. The summed E-state index contributed by atoms with van der Waals surface area (Å²) < 4.78 is 9.93. The van der Waals surface area contributed by atoms with Crippen LogP contribution in [0, 0.1) is 11.8 Å². The second kappa shape index (κ2) is 11.1. The monoisotopic (exact) mass is 454 g/mol. The van der Waals surface area contributed by atoms with Gasteiger partial charge in [-0.05, 0) is 0 Å². The fraction of sp³-hybridized carbons (Fsp3) is 0.700. The number of hydrogen-bond acceptors (Lipinski definition) is 10. The summed E-state index contributed by atoms with van der Waals surface area (Å²) in [7, 11) is 0. The molecule has 0 radical (unpaired) electrons. The Balaban J connectivity index is 1.79. The molecule has 2 aliphatic rings. The number of imide groups is 2. The number of esters is 2. The van der Waals surface area contributed by atoms with Crippen LogP contribution in [0.1, 0.15) is 27.7 Å². The van der Waals surface area contributed by atoms with Gasteiger partial charge in [-0.1, -0.05) is 27.7 Å². The highest BCUT2D eigenvalue weighted by Crippen LogP contribution is 2.10. The zero-order valence-corrected chi connectivity index (χ0v) is 18.9. The first-order chi connectivity index (χ1) is 15.0. The van der Waals surface area contributed by atoms with E-state index in [0.717, 1.165) is 9.80 Å². The molecular formula is C20H30N4O8. The van der Waals surface area contributed by atoms with Gasteiger partial charge in [-0.15, -0.1) is 0 Å². The summed E-state index contributed by atoms with van der Waals surface area (Å²) in [6, 6.07) is 0. The summed E-state index contributed by atoms with van der Waals surface area (Å²) in [5, 5.41) is 0. The van der Waals surface area contributed by atoms with E-state index < -0.39 is 49.0 Å². The van der Waals surface area contributed by atoms with Crippen molar-refractivity contribution in [3.05, 3.63) is 0 Å². The van der Waals surface area contributed by atoms with Crippen molar-refractivity contribution in [3.8, 4) is 0 Å². The Hall–Kier alpha value is -2.86. The van der Waals surface area contributed by atoms with Gasteiger partial charge in [0.25, 0.3) is 0 Å².